The van der Waals surface area contributed by atoms with Crippen molar-refractivity contribution in [2.75, 3.05) is 0 Å². The van der Waals surface area contributed by atoms with E-state index in [-0.39, 0.29) is 23.2 Å². The van der Waals surface area contributed by atoms with Gasteiger partial charge in [0.2, 0.25) is 5.78 Å². The maximum atomic E-state index is 13.3. The van der Waals surface area contributed by atoms with E-state index >= 15 is 0 Å². The van der Waals surface area contributed by atoms with E-state index in [4.69, 9.17) is 0 Å². The Hall–Kier alpha value is -0.760. The number of alkyl halides is 3. The van der Waals surface area contributed by atoms with Crippen molar-refractivity contribution in [3.63, 3.8) is 0 Å². The number of rotatable bonds is 2. The smallest absolute Gasteiger partial charge is 0.303 e. The Morgan fingerprint density at radius 1 is 0.955 bits per heavy atom. The molecule has 0 amide bonds. The summed E-state index contributed by atoms with van der Waals surface area (Å²) in [5, 5.41) is 0. The number of Topliss-reactive ketones (excluding diaryl/α,β-unsaturated/α-hetero) is 2. The largest absolute Gasteiger partial charge is 0.420 e. The van der Waals surface area contributed by atoms with Gasteiger partial charge in [-0.2, -0.15) is 13.2 Å². The summed E-state index contributed by atoms with van der Waals surface area (Å²) in [7, 11) is 0. The van der Waals surface area contributed by atoms with Crippen LogP contribution in [0.4, 0.5) is 13.2 Å². The molecule has 0 bridgehead atoms. The van der Waals surface area contributed by atoms with Crippen LogP contribution in [0.5, 0.6) is 0 Å². The fraction of sp³-hybridized carbons (Fsp3) is 0.500. The number of allylic oxidation sites excluding steroid dienone is 4. The van der Waals surface area contributed by atoms with E-state index in [9.17, 15) is 27.6 Å². The number of aldehydes is 1. The summed E-state index contributed by atoms with van der Waals surface area (Å²) >= 11 is 5.64. The van der Waals surface area contributed by atoms with Gasteiger partial charge in [0.05, 0.1) is 8.96 Å². The van der Waals surface area contributed by atoms with Gasteiger partial charge in [-0.05, 0) is 63.5 Å². The van der Waals surface area contributed by atoms with Gasteiger partial charge in [-0.3, -0.25) is 9.59 Å². The zero-order valence-electron chi connectivity index (χ0n) is 11.2. The lowest BCUT2D eigenvalue weighted by molar-refractivity contribution is -0.129. The zero-order valence-corrected chi connectivity index (χ0v) is 14.3. The van der Waals surface area contributed by atoms with Crippen molar-refractivity contribution in [2.24, 2.45) is 11.8 Å². The Bertz CT molecular complexity index is 597. The highest BCUT2D eigenvalue weighted by Crippen LogP contribution is 2.45. The highest BCUT2D eigenvalue weighted by Gasteiger charge is 2.48. The molecule has 0 N–H and O–H groups in total. The molecule has 0 aromatic carbocycles. The van der Waals surface area contributed by atoms with E-state index in [1.807, 2.05) is 0 Å². The number of hydrogen-bond donors (Lipinski definition) is 0. The van der Waals surface area contributed by atoms with E-state index in [0.29, 0.717) is 12.8 Å². The third-order valence-electron chi connectivity index (χ3n) is 3.99. The average molecular weight is 444 g/mol. The van der Waals surface area contributed by atoms with Crippen molar-refractivity contribution in [3.8, 4) is 0 Å². The third kappa shape index (κ3) is 3.13. The summed E-state index contributed by atoms with van der Waals surface area (Å²) in [6.07, 6.45) is -2.68. The SMILES string of the molecule is O=CC1CCC(C2=C(C(F)(F)F)C(=O)C(Br)=C(Br)C2=O)CC1. The molecule has 0 saturated heterocycles. The first-order chi connectivity index (χ1) is 10.2. The van der Waals surface area contributed by atoms with Crippen LogP contribution >= 0.6 is 31.9 Å². The number of carbonyl (C=O) groups excluding carboxylic acids is 3. The lowest BCUT2D eigenvalue weighted by Crippen LogP contribution is -2.33. The standard InChI is InChI=1S/C14H11Br2F3O3/c15-10-11(16)13(22)9(14(17,18)19)8(12(10)21)7-3-1-6(5-20)2-4-7/h5-7H,1-4H2. The molecule has 120 valence electrons. The van der Waals surface area contributed by atoms with E-state index in [1.165, 1.54) is 0 Å². The van der Waals surface area contributed by atoms with Crippen LogP contribution in [0.3, 0.4) is 0 Å². The van der Waals surface area contributed by atoms with Crippen molar-refractivity contribution >= 4 is 49.7 Å². The fourth-order valence-corrected chi connectivity index (χ4v) is 3.65. The van der Waals surface area contributed by atoms with Crippen LogP contribution in [-0.4, -0.2) is 24.0 Å². The lowest BCUT2D eigenvalue weighted by atomic mass is 9.74. The molecule has 0 spiro atoms. The Kier molecular flexibility index (Phi) is 5.11. The van der Waals surface area contributed by atoms with Gasteiger partial charge >= 0.3 is 6.18 Å². The second-order valence-electron chi connectivity index (χ2n) is 5.32. The van der Waals surface area contributed by atoms with Gasteiger partial charge in [0.1, 0.15) is 11.9 Å². The highest BCUT2D eigenvalue weighted by molar-refractivity contribution is 9.14. The van der Waals surface area contributed by atoms with Gasteiger partial charge in [0.25, 0.3) is 0 Å². The Morgan fingerprint density at radius 3 is 1.91 bits per heavy atom. The van der Waals surface area contributed by atoms with E-state index < -0.39 is 39.3 Å². The van der Waals surface area contributed by atoms with Crippen LogP contribution < -0.4 is 0 Å². The molecular formula is C14H11Br2F3O3. The van der Waals surface area contributed by atoms with E-state index in [2.05, 4.69) is 31.9 Å². The van der Waals surface area contributed by atoms with Crippen molar-refractivity contribution in [2.45, 2.75) is 31.9 Å². The lowest BCUT2D eigenvalue weighted by Gasteiger charge is -2.30. The summed E-state index contributed by atoms with van der Waals surface area (Å²) < 4.78 is 39.2. The van der Waals surface area contributed by atoms with E-state index in [0.717, 1.165) is 6.29 Å². The molecule has 2 aliphatic carbocycles. The first kappa shape index (κ1) is 17.6. The number of carbonyl (C=O) groups is 3. The molecule has 0 atom stereocenters. The molecule has 0 radical (unpaired) electrons. The Labute approximate surface area is 141 Å². The fourth-order valence-electron chi connectivity index (χ4n) is 2.88. The number of ketones is 2. The van der Waals surface area contributed by atoms with Gasteiger partial charge < -0.3 is 4.79 Å². The predicted octanol–water partition coefficient (Wildman–Crippen LogP) is 4.00. The molecule has 1 saturated carbocycles. The summed E-state index contributed by atoms with van der Waals surface area (Å²) in [5.41, 5.74) is -1.86. The van der Waals surface area contributed by atoms with Crippen LogP contribution in [0.25, 0.3) is 0 Å². The Balaban J connectivity index is 2.48. The van der Waals surface area contributed by atoms with E-state index in [1.54, 1.807) is 0 Å². The third-order valence-corrected chi connectivity index (χ3v) is 6.03. The maximum Gasteiger partial charge on any atom is 0.420 e. The topological polar surface area (TPSA) is 51.2 Å². The molecule has 22 heavy (non-hydrogen) atoms. The summed E-state index contributed by atoms with van der Waals surface area (Å²) in [5.74, 6) is -2.89. The predicted molar refractivity (Wildman–Crippen MR) is 79.5 cm³/mol. The normalized spacial score (nSPS) is 27.5. The van der Waals surface area contributed by atoms with Gasteiger partial charge in [0.15, 0.2) is 5.78 Å². The van der Waals surface area contributed by atoms with Crippen molar-refractivity contribution in [1.82, 2.24) is 0 Å². The minimum Gasteiger partial charge on any atom is -0.303 e. The second-order valence-corrected chi connectivity index (χ2v) is 6.91. The minimum absolute atomic E-state index is 0.182. The molecule has 1 fully saturated rings. The summed E-state index contributed by atoms with van der Waals surface area (Å²) in [6, 6.07) is 0. The van der Waals surface area contributed by atoms with Crippen LogP contribution in [0.15, 0.2) is 20.1 Å². The Morgan fingerprint density at radius 2 is 1.45 bits per heavy atom. The van der Waals surface area contributed by atoms with Crippen LogP contribution in [0.2, 0.25) is 0 Å². The number of hydrogen-bond acceptors (Lipinski definition) is 3. The summed E-state index contributed by atoms with van der Waals surface area (Å²) in [4.78, 5) is 35.0. The molecule has 0 heterocycles. The highest BCUT2D eigenvalue weighted by atomic mass is 79.9. The first-order valence-corrected chi connectivity index (χ1v) is 8.18. The molecule has 0 aromatic heterocycles. The number of halogens is 5. The van der Waals surface area contributed by atoms with Crippen molar-refractivity contribution < 1.29 is 27.6 Å². The van der Waals surface area contributed by atoms with Crippen molar-refractivity contribution in [1.29, 1.82) is 0 Å². The molecule has 3 nitrogen and oxygen atoms in total. The maximum absolute atomic E-state index is 13.3. The quantitative estimate of drug-likeness (QED) is 0.478. The monoisotopic (exact) mass is 442 g/mol. The molecule has 0 aliphatic heterocycles. The van der Waals surface area contributed by atoms with Gasteiger partial charge in [0, 0.05) is 11.5 Å². The minimum atomic E-state index is -4.89. The molecule has 2 rings (SSSR count). The van der Waals surface area contributed by atoms with Crippen LogP contribution in [-0.2, 0) is 14.4 Å². The second kappa shape index (κ2) is 6.39. The average Bonchev–Trinajstić information content (AvgIpc) is 2.47. The first-order valence-electron chi connectivity index (χ1n) is 6.59. The molecular weight excluding hydrogens is 433 g/mol. The van der Waals surface area contributed by atoms with Gasteiger partial charge in [-0.1, -0.05) is 0 Å². The van der Waals surface area contributed by atoms with Gasteiger partial charge in [-0.15, -0.1) is 0 Å². The summed E-state index contributed by atoms with van der Waals surface area (Å²) in [6.45, 7) is 0. The van der Waals surface area contributed by atoms with Crippen molar-refractivity contribution in [3.05, 3.63) is 20.1 Å². The van der Waals surface area contributed by atoms with Crippen LogP contribution in [0, 0.1) is 11.8 Å². The molecule has 0 unspecified atom stereocenters. The molecule has 2 aliphatic rings. The van der Waals surface area contributed by atoms with Crippen LogP contribution in [0.1, 0.15) is 25.7 Å². The zero-order chi connectivity index (χ0) is 16.7. The van der Waals surface area contributed by atoms with Gasteiger partial charge in [-0.25, -0.2) is 0 Å². The molecule has 8 heteroatoms. The molecule has 0 aromatic rings.